The van der Waals surface area contributed by atoms with E-state index < -0.39 is 5.54 Å². The van der Waals surface area contributed by atoms with Crippen molar-refractivity contribution in [3.63, 3.8) is 0 Å². The lowest BCUT2D eigenvalue weighted by molar-refractivity contribution is -0.126. The van der Waals surface area contributed by atoms with Crippen LogP contribution >= 0.6 is 0 Å². The van der Waals surface area contributed by atoms with Crippen molar-refractivity contribution in [1.82, 2.24) is 10.2 Å². The fourth-order valence-electron chi connectivity index (χ4n) is 4.69. The molecule has 1 atom stereocenters. The zero-order valence-electron chi connectivity index (χ0n) is 14.8. The molecule has 1 spiro atoms. The quantitative estimate of drug-likeness (QED) is 0.894. The highest BCUT2D eigenvalue weighted by molar-refractivity contribution is 6.02. The van der Waals surface area contributed by atoms with Crippen LogP contribution in [0.25, 0.3) is 0 Å². The van der Waals surface area contributed by atoms with Crippen LogP contribution in [0.4, 0.5) is 0 Å². The second kappa shape index (κ2) is 6.45. The maximum Gasteiger partial charge on any atom is 0.254 e. The summed E-state index contributed by atoms with van der Waals surface area (Å²) >= 11 is 0. The van der Waals surface area contributed by atoms with Crippen LogP contribution in [0.5, 0.6) is 0 Å². The van der Waals surface area contributed by atoms with Gasteiger partial charge in [-0.3, -0.25) is 9.59 Å². The predicted molar refractivity (Wildman–Crippen MR) is 94.5 cm³/mol. The molecule has 0 aromatic heterocycles. The van der Waals surface area contributed by atoms with E-state index in [1.165, 1.54) is 0 Å². The van der Waals surface area contributed by atoms with E-state index in [0.717, 1.165) is 44.1 Å². The molecule has 1 heterocycles. The van der Waals surface area contributed by atoms with E-state index in [9.17, 15) is 9.59 Å². The van der Waals surface area contributed by atoms with Gasteiger partial charge in [-0.15, -0.1) is 0 Å². The zero-order chi connectivity index (χ0) is 17.4. The minimum absolute atomic E-state index is 0.0463. The summed E-state index contributed by atoms with van der Waals surface area (Å²) in [6.07, 6.45) is 6.04. The van der Waals surface area contributed by atoms with E-state index in [1.807, 2.05) is 29.2 Å². The van der Waals surface area contributed by atoms with E-state index >= 15 is 0 Å². The first-order valence-electron chi connectivity index (χ1n) is 9.37. The third-order valence-corrected chi connectivity index (χ3v) is 6.00. The average molecular weight is 342 g/mol. The maximum absolute atomic E-state index is 13.2. The molecule has 134 valence electrons. The summed E-state index contributed by atoms with van der Waals surface area (Å²) in [6, 6.07) is 7.97. The Morgan fingerprint density at radius 1 is 1.28 bits per heavy atom. The van der Waals surface area contributed by atoms with E-state index in [4.69, 9.17) is 4.74 Å². The number of rotatable bonds is 5. The number of ether oxygens (including phenoxy) is 1. The number of benzene rings is 1. The van der Waals surface area contributed by atoms with Crippen molar-refractivity contribution in [2.24, 2.45) is 0 Å². The van der Waals surface area contributed by atoms with Gasteiger partial charge in [0.05, 0.1) is 18.1 Å². The number of carbonyl (C=O) groups excluding carboxylic acids is 2. The van der Waals surface area contributed by atoms with Crippen LogP contribution in [-0.4, -0.2) is 48.6 Å². The second-order valence-electron chi connectivity index (χ2n) is 7.56. The van der Waals surface area contributed by atoms with Crippen molar-refractivity contribution in [2.75, 3.05) is 20.3 Å². The molecular weight excluding hydrogens is 316 g/mol. The molecule has 3 aliphatic rings. The monoisotopic (exact) mass is 342 g/mol. The summed E-state index contributed by atoms with van der Waals surface area (Å²) in [4.78, 5) is 28.4. The van der Waals surface area contributed by atoms with Gasteiger partial charge >= 0.3 is 0 Å². The van der Waals surface area contributed by atoms with E-state index in [-0.39, 0.29) is 17.7 Å². The third kappa shape index (κ3) is 2.74. The Hall–Kier alpha value is -1.88. The minimum Gasteiger partial charge on any atom is -0.383 e. The topological polar surface area (TPSA) is 58.6 Å². The molecule has 1 N–H and O–H groups in total. The largest absolute Gasteiger partial charge is 0.383 e. The van der Waals surface area contributed by atoms with Crippen LogP contribution < -0.4 is 5.32 Å². The van der Waals surface area contributed by atoms with Gasteiger partial charge in [0, 0.05) is 25.3 Å². The zero-order valence-corrected chi connectivity index (χ0v) is 14.8. The van der Waals surface area contributed by atoms with Crippen LogP contribution in [0.15, 0.2) is 24.3 Å². The minimum atomic E-state index is -0.400. The van der Waals surface area contributed by atoms with Crippen molar-refractivity contribution < 1.29 is 14.3 Å². The summed E-state index contributed by atoms with van der Waals surface area (Å²) in [5.41, 5.74) is 1.18. The lowest BCUT2D eigenvalue weighted by atomic mass is 9.71. The van der Waals surface area contributed by atoms with Crippen molar-refractivity contribution in [1.29, 1.82) is 0 Å². The molecule has 2 saturated carbocycles. The third-order valence-electron chi connectivity index (χ3n) is 6.00. The van der Waals surface area contributed by atoms with Crippen molar-refractivity contribution in [2.45, 2.75) is 56.0 Å². The van der Waals surface area contributed by atoms with Crippen LogP contribution in [0.2, 0.25) is 0 Å². The Bertz CT molecular complexity index is 677. The summed E-state index contributed by atoms with van der Waals surface area (Å²) in [6.45, 7) is 1.03. The van der Waals surface area contributed by atoms with Crippen molar-refractivity contribution in [3.05, 3.63) is 35.4 Å². The molecule has 0 saturated heterocycles. The first-order chi connectivity index (χ1) is 12.2. The summed E-state index contributed by atoms with van der Waals surface area (Å²) < 4.78 is 5.26. The highest BCUT2D eigenvalue weighted by Crippen LogP contribution is 2.50. The molecule has 1 aromatic carbocycles. The fraction of sp³-hybridized carbons (Fsp3) is 0.600. The molecule has 1 aliphatic heterocycles. The highest BCUT2D eigenvalue weighted by Gasteiger charge is 2.55. The van der Waals surface area contributed by atoms with E-state index in [0.29, 0.717) is 24.8 Å². The van der Waals surface area contributed by atoms with Gasteiger partial charge < -0.3 is 15.0 Å². The summed E-state index contributed by atoms with van der Waals surface area (Å²) in [7, 11) is 1.65. The number of hydrogen-bond acceptors (Lipinski definition) is 3. The van der Waals surface area contributed by atoms with Gasteiger partial charge in [-0.1, -0.05) is 31.0 Å². The number of nitrogens with one attached hydrogen (secondary N) is 1. The number of hydrogen-bond donors (Lipinski definition) is 1. The predicted octanol–water partition coefficient (Wildman–Crippen LogP) is 2.46. The van der Waals surface area contributed by atoms with Crippen LogP contribution in [0.1, 0.15) is 60.4 Å². The smallest absolute Gasteiger partial charge is 0.254 e. The van der Waals surface area contributed by atoms with E-state index in [1.54, 1.807) is 7.11 Å². The summed E-state index contributed by atoms with van der Waals surface area (Å²) in [5, 5.41) is 3.20. The average Bonchev–Trinajstić information content (AvgIpc) is 3.30. The molecule has 2 fully saturated rings. The van der Waals surface area contributed by atoms with Crippen LogP contribution in [0, 0.1) is 0 Å². The van der Waals surface area contributed by atoms with Crippen molar-refractivity contribution >= 4 is 11.8 Å². The standard InChI is InChI=1S/C20H26N2O3/c1-25-13-12-22-19(24)16-7-3-2-6-15(16)17(18(23)21-14-8-9-14)20(22)10-4-5-11-20/h2-3,6-7,14,17H,4-5,8-13H2,1H3,(H,21,23). The normalized spacial score (nSPS) is 24.4. The fourth-order valence-corrected chi connectivity index (χ4v) is 4.69. The SMILES string of the molecule is COCCN1C(=O)c2ccccc2C(C(=O)NC2CC2)C12CCCC2. The number of amides is 2. The summed E-state index contributed by atoms with van der Waals surface area (Å²) in [5.74, 6) is -0.141. The van der Waals surface area contributed by atoms with Gasteiger partial charge in [0.25, 0.3) is 5.91 Å². The Morgan fingerprint density at radius 3 is 2.68 bits per heavy atom. The lowest BCUT2D eigenvalue weighted by Crippen LogP contribution is -2.61. The molecular formula is C20H26N2O3. The first kappa shape index (κ1) is 16.6. The number of methoxy groups -OCH3 is 1. The van der Waals surface area contributed by atoms with Crippen LogP contribution in [0.3, 0.4) is 0 Å². The van der Waals surface area contributed by atoms with Gasteiger partial charge in [-0.25, -0.2) is 0 Å². The molecule has 2 amide bonds. The van der Waals surface area contributed by atoms with Gasteiger partial charge in [0.1, 0.15) is 0 Å². The van der Waals surface area contributed by atoms with Crippen LogP contribution in [-0.2, 0) is 9.53 Å². The Labute approximate surface area is 148 Å². The van der Waals surface area contributed by atoms with Crippen molar-refractivity contribution in [3.8, 4) is 0 Å². The maximum atomic E-state index is 13.2. The van der Waals surface area contributed by atoms with Gasteiger partial charge in [0.15, 0.2) is 0 Å². The Balaban J connectivity index is 1.80. The lowest BCUT2D eigenvalue weighted by Gasteiger charge is -2.50. The molecule has 0 bridgehead atoms. The molecule has 5 heteroatoms. The Kier molecular flexibility index (Phi) is 4.28. The molecule has 0 radical (unpaired) electrons. The highest BCUT2D eigenvalue weighted by atomic mass is 16.5. The van der Waals surface area contributed by atoms with Gasteiger partial charge in [-0.2, -0.15) is 0 Å². The number of fused-ring (bicyclic) bond motifs is 1. The molecule has 2 aliphatic carbocycles. The molecule has 5 nitrogen and oxygen atoms in total. The van der Waals surface area contributed by atoms with Gasteiger partial charge in [-0.05, 0) is 37.3 Å². The number of nitrogens with zero attached hydrogens (tertiary/aromatic N) is 1. The molecule has 25 heavy (non-hydrogen) atoms. The molecule has 1 aromatic rings. The van der Waals surface area contributed by atoms with Gasteiger partial charge in [0.2, 0.25) is 5.91 Å². The second-order valence-corrected chi connectivity index (χ2v) is 7.56. The van der Waals surface area contributed by atoms with E-state index in [2.05, 4.69) is 5.32 Å². The molecule has 1 unspecified atom stereocenters. The molecule has 4 rings (SSSR count). The first-order valence-corrected chi connectivity index (χ1v) is 9.37. The number of carbonyl (C=O) groups is 2. The Morgan fingerprint density at radius 2 is 2.00 bits per heavy atom.